The van der Waals surface area contributed by atoms with Crippen molar-refractivity contribution in [2.75, 3.05) is 24.2 Å². The van der Waals surface area contributed by atoms with E-state index >= 15 is 0 Å². The second kappa shape index (κ2) is 6.48. The zero-order chi connectivity index (χ0) is 17.6. The van der Waals surface area contributed by atoms with E-state index in [4.69, 9.17) is 11.6 Å². The molecule has 1 aliphatic rings. The highest BCUT2D eigenvalue weighted by Crippen LogP contribution is 2.40. The highest BCUT2D eigenvalue weighted by molar-refractivity contribution is 7.84. The van der Waals surface area contributed by atoms with Gasteiger partial charge in [0.05, 0.1) is 16.8 Å². The van der Waals surface area contributed by atoms with E-state index in [9.17, 15) is 9.32 Å². The molecule has 130 valence electrons. The minimum Gasteiger partial charge on any atom is -0.391 e. The van der Waals surface area contributed by atoms with E-state index in [0.29, 0.717) is 11.6 Å². The summed E-state index contributed by atoms with van der Waals surface area (Å²) in [4.78, 5) is 6.32. The van der Waals surface area contributed by atoms with Gasteiger partial charge in [0.1, 0.15) is 0 Å². The van der Waals surface area contributed by atoms with Crippen LogP contribution in [0.3, 0.4) is 0 Å². The normalized spacial score (nSPS) is 18.8. The number of hydrogen-bond donors (Lipinski definition) is 2. The molecule has 1 aliphatic heterocycles. The molecule has 2 N–H and O–H groups in total. The van der Waals surface area contributed by atoms with Gasteiger partial charge in [0.25, 0.3) is 0 Å². The number of rotatable bonds is 3. The predicted octanol–water partition coefficient (Wildman–Crippen LogP) is 3.80. The molecular weight excluding hydrogens is 356 g/mol. The fourth-order valence-corrected chi connectivity index (χ4v) is 4.28. The number of β-amino-alcohol motifs (C(OH)–C–C–N with tert-alkyl or cyclic N) is 1. The Bertz CT molecular complexity index is 969. The lowest BCUT2D eigenvalue weighted by atomic mass is 10.1. The van der Waals surface area contributed by atoms with Gasteiger partial charge in [-0.05, 0) is 30.7 Å². The molecule has 6 heteroatoms. The average Bonchev–Trinajstić information content (AvgIpc) is 3.18. The van der Waals surface area contributed by atoms with Crippen LogP contribution in [-0.4, -0.2) is 39.7 Å². The lowest BCUT2D eigenvalue weighted by Crippen LogP contribution is -2.22. The molecule has 1 saturated heterocycles. The maximum Gasteiger partial charge on any atom is 0.0741 e. The van der Waals surface area contributed by atoms with Gasteiger partial charge >= 0.3 is 0 Å². The van der Waals surface area contributed by atoms with Crippen molar-refractivity contribution in [2.24, 2.45) is 0 Å². The lowest BCUT2D eigenvalue weighted by Gasteiger charge is -2.22. The summed E-state index contributed by atoms with van der Waals surface area (Å²) in [5, 5.41) is 11.5. The number of fused-ring (bicyclic) bond motifs is 1. The van der Waals surface area contributed by atoms with Gasteiger partial charge in [-0.15, -0.1) is 0 Å². The summed E-state index contributed by atoms with van der Waals surface area (Å²) in [5.74, 6) is 0. The molecular formula is C19H19ClN2O2S. The summed E-state index contributed by atoms with van der Waals surface area (Å²) in [7, 11) is -1.08. The predicted molar refractivity (Wildman–Crippen MR) is 104 cm³/mol. The molecule has 0 radical (unpaired) electrons. The average molecular weight is 375 g/mol. The van der Waals surface area contributed by atoms with Gasteiger partial charge in [-0.1, -0.05) is 29.8 Å². The molecule has 2 heterocycles. The van der Waals surface area contributed by atoms with Crippen LogP contribution >= 0.6 is 11.6 Å². The van der Waals surface area contributed by atoms with Crippen molar-refractivity contribution in [2.45, 2.75) is 17.4 Å². The van der Waals surface area contributed by atoms with E-state index in [-0.39, 0.29) is 6.10 Å². The largest absolute Gasteiger partial charge is 0.391 e. The molecule has 2 unspecified atom stereocenters. The van der Waals surface area contributed by atoms with E-state index in [1.165, 1.54) is 0 Å². The van der Waals surface area contributed by atoms with E-state index in [1.54, 1.807) is 6.26 Å². The summed E-state index contributed by atoms with van der Waals surface area (Å²) >= 11 is 6.66. The standard InChI is InChI=1S/C19H19ClN2O2S/c1-25(24)13-6-7-17(22-9-8-12(23)11-22)15(10-13)19-18(20)14-4-2-3-5-16(14)21-19/h2-7,10,12,21,23H,8-9,11H2,1H3. The van der Waals surface area contributed by atoms with Crippen LogP contribution in [0.5, 0.6) is 0 Å². The zero-order valence-corrected chi connectivity index (χ0v) is 15.4. The van der Waals surface area contributed by atoms with Crippen molar-refractivity contribution < 1.29 is 9.32 Å². The number of aromatic amines is 1. The molecule has 1 fully saturated rings. The van der Waals surface area contributed by atoms with Crippen molar-refractivity contribution in [1.29, 1.82) is 0 Å². The van der Waals surface area contributed by atoms with Gasteiger partial charge in [-0.3, -0.25) is 4.21 Å². The Kier molecular flexibility index (Phi) is 4.31. The van der Waals surface area contributed by atoms with Gasteiger partial charge in [0.15, 0.2) is 0 Å². The summed E-state index contributed by atoms with van der Waals surface area (Å²) < 4.78 is 12.0. The maximum absolute atomic E-state index is 12.0. The molecule has 2 atom stereocenters. The van der Waals surface area contributed by atoms with Crippen molar-refractivity contribution in [3.05, 3.63) is 47.5 Å². The van der Waals surface area contributed by atoms with Crippen molar-refractivity contribution >= 4 is 39.0 Å². The van der Waals surface area contributed by atoms with Crippen LogP contribution < -0.4 is 4.90 Å². The number of aliphatic hydroxyl groups excluding tert-OH is 1. The second-order valence-electron chi connectivity index (χ2n) is 6.38. The van der Waals surface area contributed by atoms with Crippen LogP contribution in [0.4, 0.5) is 5.69 Å². The molecule has 25 heavy (non-hydrogen) atoms. The molecule has 3 aromatic rings. The highest BCUT2D eigenvalue weighted by atomic mass is 35.5. The number of H-pyrrole nitrogens is 1. The number of nitrogens with zero attached hydrogens (tertiary/aromatic N) is 1. The molecule has 0 aliphatic carbocycles. The molecule has 4 rings (SSSR count). The van der Waals surface area contributed by atoms with Crippen molar-refractivity contribution in [1.82, 2.24) is 4.98 Å². The smallest absolute Gasteiger partial charge is 0.0741 e. The van der Waals surface area contributed by atoms with Crippen LogP contribution in [0.15, 0.2) is 47.4 Å². The second-order valence-corrected chi connectivity index (χ2v) is 8.14. The third-order valence-electron chi connectivity index (χ3n) is 4.72. The minimum absolute atomic E-state index is 0.314. The third-order valence-corrected chi connectivity index (χ3v) is 6.03. The minimum atomic E-state index is -1.08. The van der Waals surface area contributed by atoms with Crippen molar-refractivity contribution in [3.8, 4) is 11.3 Å². The quantitative estimate of drug-likeness (QED) is 0.733. The van der Waals surface area contributed by atoms with Gasteiger partial charge in [0, 0.05) is 57.2 Å². The lowest BCUT2D eigenvalue weighted by molar-refractivity contribution is 0.198. The van der Waals surface area contributed by atoms with Crippen LogP contribution in [0.2, 0.25) is 5.02 Å². The SMILES string of the molecule is CS(=O)c1ccc(N2CCC(O)C2)c(-c2[nH]c3ccccc3c2Cl)c1. The number of anilines is 1. The van der Waals surface area contributed by atoms with Gasteiger partial charge in [-0.2, -0.15) is 0 Å². The number of para-hydroxylation sites is 1. The van der Waals surface area contributed by atoms with E-state index in [2.05, 4.69) is 9.88 Å². The van der Waals surface area contributed by atoms with Crippen LogP contribution in [-0.2, 0) is 10.8 Å². The molecule has 2 aromatic carbocycles. The Morgan fingerprint density at radius 3 is 2.76 bits per heavy atom. The Morgan fingerprint density at radius 1 is 1.28 bits per heavy atom. The first-order chi connectivity index (χ1) is 12.0. The van der Waals surface area contributed by atoms with E-state index < -0.39 is 10.8 Å². The van der Waals surface area contributed by atoms with Gasteiger partial charge in [-0.25, -0.2) is 0 Å². The molecule has 0 saturated carbocycles. The van der Waals surface area contributed by atoms with Gasteiger partial charge < -0.3 is 15.0 Å². The molecule has 0 spiro atoms. The number of nitrogens with one attached hydrogen (secondary N) is 1. The Morgan fingerprint density at radius 2 is 2.08 bits per heavy atom. The summed E-state index contributed by atoms with van der Waals surface area (Å²) in [6, 6.07) is 13.7. The number of benzene rings is 2. The summed E-state index contributed by atoms with van der Waals surface area (Å²) in [5.41, 5.74) is 3.71. The highest BCUT2D eigenvalue weighted by Gasteiger charge is 2.25. The molecule has 1 aromatic heterocycles. The van der Waals surface area contributed by atoms with E-state index in [1.807, 2.05) is 42.5 Å². The van der Waals surface area contributed by atoms with Crippen LogP contribution in [0.25, 0.3) is 22.2 Å². The number of halogens is 1. The van der Waals surface area contributed by atoms with E-state index in [0.717, 1.165) is 45.7 Å². The number of hydrogen-bond acceptors (Lipinski definition) is 3. The number of aromatic nitrogens is 1. The fourth-order valence-electron chi connectivity index (χ4n) is 3.42. The summed E-state index contributed by atoms with van der Waals surface area (Å²) in [6.45, 7) is 1.39. The molecule has 0 bridgehead atoms. The zero-order valence-electron chi connectivity index (χ0n) is 13.8. The first-order valence-corrected chi connectivity index (χ1v) is 10.2. The Labute approximate surface area is 153 Å². The first-order valence-electron chi connectivity index (χ1n) is 8.21. The van der Waals surface area contributed by atoms with Crippen LogP contribution in [0.1, 0.15) is 6.42 Å². The maximum atomic E-state index is 12.0. The molecule has 0 amide bonds. The monoisotopic (exact) mass is 374 g/mol. The third kappa shape index (κ3) is 2.97. The topological polar surface area (TPSA) is 56.3 Å². The Hall–Kier alpha value is -1.82. The van der Waals surface area contributed by atoms with Crippen LogP contribution in [0, 0.1) is 0 Å². The summed E-state index contributed by atoms with van der Waals surface area (Å²) in [6.07, 6.45) is 2.11. The number of aliphatic hydroxyl groups is 1. The first kappa shape index (κ1) is 16.6. The Balaban J connectivity index is 1.92. The van der Waals surface area contributed by atoms with Gasteiger partial charge in [0.2, 0.25) is 0 Å². The fraction of sp³-hybridized carbons (Fsp3) is 0.263. The molecule has 4 nitrogen and oxygen atoms in total. The van der Waals surface area contributed by atoms with Crippen molar-refractivity contribution in [3.63, 3.8) is 0 Å².